The fourth-order valence-electron chi connectivity index (χ4n) is 3.66. The molecule has 2 aromatic rings. The first-order valence-electron chi connectivity index (χ1n) is 8.47. The summed E-state index contributed by atoms with van der Waals surface area (Å²) in [4.78, 5) is 16.4. The lowest BCUT2D eigenvalue weighted by Gasteiger charge is -2.32. The number of carbonyl (C=O) groups excluding carboxylic acids is 1. The van der Waals surface area contributed by atoms with E-state index in [1.807, 2.05) is 10.7 Å². The second-order valence-corrected chi connectivity index (χ2v) is 6.74. The van der Waals surface area contributed by atoms with E-state index in [9.17, 15) is 13.6 Å². The number of carbonyl (C=O) groups is 1. The summed E-state index contributed by atoms with van der Waals surface area (Å²) in [6.45, 7) is 1.62. The molecule has 8 heteroatoms. The molecular formula is C17H20F2N4O2. The normalized spacial score (nSPS) is 23.4. The number of halogens is 2. The minimum absolute atomic E-state index is 0.118. The Morgan fingerprint density at radius 1 is 1.36 bits per heavy atom. The van der Waals surface area contributed by atoms with E-state index in [0.29, 0.717) is 32.6 Å². The van der Waals surface area contributed by atoms with Gasteiger partial charge in [-0.2, -0.15) is 5.10 Å². The zero-order chi connectivity index (χ0) is 17.4. The Morgan fingerprint density at radius 2 is 2.24 bits per heavy atom. The molecule has 2 aliphatic rings. The van der Waals surface area contributed by atoms with Gasteiger partial charge in [-0.1, -0.05) is 0 Å². The number of fused-ring (bicyclic) bond motifs is 1. The van der Waals surface area contributed by atoms with Crippen LogP contribution in [0.15, 0.2) is 35.1 Å². The van der Waals surface area contributed by atoms with Gasteiger partial charge in [0.15, 0.2) is 5.76 Å². The Bertz CT molecular complexity index is 744. The van der Waals surface area contributed by atoms with Gasteiger partial charge in [-0.3, -0.25) is 14.4 Å². The van der Waals surface area contributed by atoms with Crippen molar-refractivity contribution in [3.63, 3.8) is 0 Å². The van der Waals surface area contributed by atoms with Crippen molar-refractivity contribution in [2.75, 3.05) is 19.6 Å². The van der Waals surface area contributed by atoms with Crippen LogP contribution in [0, 0.1) is 0 Å². The first-order valence-corrected chi connectivity index (χ1v) is 8.47. The zero-order valence-electron chi connectivity index (χ0n) is 13.8. The Balaban J connectivity index is 1.56. The zero-order valence-corrected chi connectivity index (χ0v) is 13.8. The largest absolute Gasteiger partial charge is 0.459 e. The number of hydrogen-bond donors (Lipinski definition) is 0. The van der Waals surface area contributed by atoms with E-state index in [4.69, 9.17) is 4.42 Å². The summed E-state index contributed by atoms with van der Waals surface area (Å²) in [6, 6.07) is 5.03. The first-order chi connectivity index (χ1) is 12.0. The molecule has 0 bridgehead atoms. The number of aromatic nitrogens is 2. The fraction of sp³-hybridized carbons (Fsp3) is 0.529. The van der Waals surface area contributed by atoms with Gasteiger partial charge in [-0.05, 0) is 24.6 Å². The van der Waals surface area contributed by atoms with Gasteiger partial charge in [0.2, 0.25) is 0 Å². The third kappa shape index (κ3) is 3.30. The lowest BCUT2D eigenvalue weighted by atomic mass is 10.1. The molecule has 0 spiro atoms. The highest BCUT2D eigenvalue weighted by Gasteiger charge is 2.40. The molecule has 0 unspecified atom stereocenters. The number of amides is 1. The predicted molar refractivity (Wildman–Crippen MR) is 85.2 cm³/mol. The molecule has 4 heterocycles. The maximum atomic E-state index is 13.5. The number of furan rings is 1. The van der Waals surface area contributed by atoms with Gasteiger partial charge in [0.25, 0.3) is 11.8 Å². The second kappa shape index (κ2) is 6.25. The van der Waals surface area contributed by atoms with Gasteiger partial charge >= 0.3 is 0 Å². The summed E-state index contributed by atoms with van der Waals surface area (Å²) in [6.07, 6.45) is 3.73. The molecule has 1 fully saturated rings. The van der Waals surface area contributed by atoms with Crippen LogP contribution in [-0.2, 0) is 13.1 Å². The van der Waals surface area contributed by atoms with Crippen LogP contribution >= 0.6 is 0 Å². The molecule has 4 rings (SSSR count). The minimum Gasteiger partial charge on any atom is -0.459 e. The van der Waals surface area contributed by atoms with Crippen molar-refractivity contribution in [3.8, 4) is 0 Å². The van der Waals surface area contributed by atoms with Crippen LogP contribution in [0.1, 0.15) is 29.1 Å². The lowest BCUT2D eigenvalue weighted by molar-refractivity contribution is 0.00908. The highest BCUT2D eigenvalue weighted by molar-refractivity contribution is 5.91. The topological polar surface area (TPSA) is 54.5 Å². The van der Waals surface area contributed by atoms with E-state index in [2.05, 4.69) is 5.10 Å². The number of hydrogen-bond acceptors (Lipinski definition) is 4. The Kier molecular flexibility index (Phi) is 4.07. The standard InChI is InChI=1S/C17H20F2N4O2/c18-17(19)5-8-21(12-17)10-13-4-7-23-14(3-6-20-23)11-22(13)16(24)15-2-1-9-25-15/h1-3,6,9,13H,4-5,7-8,10-12H2/t13-/m1/s1. The van der Waals surface area contributed by atoms with Gasteiger partial charge < -0.3 is 9.32 Å². The van der Waals surface area contributed by atoms with Crippen LogP contribution in [0.4, 0.5) is 8.78 Å². The van der Waals surface area contributed by atoms with Crippen molar-refractivity contribution in [3.05, 3.63) is 42.1 Å². The molecule has 0 aromatic carbocycles. The first kappa shape index (κ1) is 16.3. The molecule has 0 saturated carbocycles. The third-order valence-corrected chi connectivity index (χ3v) is 4.96. The summed E-state index contributed by atoms with van der Waals surface area (Å²) in [7, 11) is 0. The highest BCUT2D eigenvalue weighted by atomic mass is 19.3. The molecule has 0 radical (unpaired) electrons. The molecule has 25 heavy (non-hydrogen) atoms. The van der Waals surface area contributed by atoms with Crippen molar-refractivity contribution < 1.29 is 18.0 Å². The third-order valence-electron chi connectivity index (χ3n) is 4.96. The van der Waals surface area contributed by atoms with Gasteiger partial charge in [-0.15, -0.1) is 0 Å². The van der Waals surface area contributed by atoms with Crippen molar-refractivity contribution in [2.45, 2.75) is 37.9 Å². The van der Waals surface area contributed by atoms with Gasteiger partial charge in [-0.25, -0.2) is 8.78 Å². The van der Waals surface area contributed by atoms with E-state index in [0.717, 1.165) is 5.69 Å². The van der Waals surface area contributed by atoms with Crippen LogP contribution in [0.3, 0.4) is 0 Å². The summed E-state index contributed by atoms with van der Waals surface area (Å²) in [5, 5.41) is 4.28. The highest BCUT2D eigenvalue weighted by Crippen LogP contribution is 2.28. The van der Waals surface area contributed by atoms with E-state index in [-0.39, 0.29) is 30.7 Å². The van der Waals surface area contributed by atoms with Crippen molar-refractivity contribution in [2.24, 2.45) is 0 Å². The summed E-state index contributed by atoms with van der Waals surface area (Å²) < 4.78 is 34.2. The maximum Gasteiger partial charge on any atom is 0.290 e. The van der Waals surface area contributed by atoms with E-state index in [1.54, 1.807) is 28.1 Å². The number of likely N-dealkylation sites (tertiary alicyclic amines) is 1. The van der Waals surface area contributed by atoms with Crippen LogP contribution in [-0.4, -0.2) is 57.1 Å². The molecule has 0 N–H and O–H groups in total. The number of alkyl halides is 2. The molecule has 1 saturated heterocycles. The minimum atomic E-state index is -2.63. The average molecular weight is 350 g/mol. The summed E-state index contributed by atoms with van der Waals surface area (Å²) in [5.41, 5.74) is 0.939. The molecule has 2 aromatic heterocycles. The number of nitrogens with zero attached hydrogens (tertiary/aromatic N) is 4. The summed E-state index contributed by atoms with van der Waals surface area (Å²) >= 11 is 0. The molecule has 2 aliphatic heterocycles. The predicted octanol–water partition coefficient (Wildman–Crippen LogP) is 2.23. The lowest BCUT2D eigenvalue weighted by Crippen LogP contribution is -2.46. The van der Waals surface area contributed by atoms with Crippen LogP contribution < -0.4 is 0 Å². The van der Waals surface area contributed by atoms with Gasteiger partial charge in [0.1, 0.15) is 0 Å². The SMILES string of the molecule is O=C(c1ccco1)N1Cc2ccnn2CC[C@@H]1CN1CCC(F)(F)C1. The van der Waals surface area contributed by atoms with Crippen LogP contribution in [0.2, 0.25) is 0 Å². The molecule has 134 valence electrons. The second-order valence-electron chi connectivity index (χ2n) is 6.74. The quantitative estimate of drug-likeness (QED) is 0.852. The molecular weight excluding hydrogens is 330 g/mol. The van der Waals surface area contributed by atoms with Gasteiger partial charge in [0.05, 0.1) is 25.0 Å². The van der Waals surface area contributed by atoms with Crippen molar-refractivity contribution >= 4 is 5.91 Å². The van der Waals surface area contributed by atoms with Crippen molar-refractivity contribution in [1.82, 2.24) is 19.6 Å². The monoisotopic (exact) mass is 350 g/mol. The van der Waals surface area contributed by atoms with Crippen LogP contribution in [0.25, 0.3) is 0 Å². The molecule has 1 amide bonds. The summed E-state index contributed by atoms with van der Waals surface area (Å²) in [5.74, 6) is -2.58. The fourth-order valence-corrected chi connectivity index (χ4v) is 3.66. The molecule has 0 aliphatic carbocycles. The molecule has 6 nitrogen and oxygen atoms in total. The Hall–Kier alpha value is -2.22. The van der Waals surface area contributed by atoms with Crippen molar-refractivity contribution in [1.29, 1.82) is 0 Å². The number of aryl methyl sites for hydroxylation is 1. The van der Waals surface area contributed by atoms with E-state index in [1.165, 1.54) is 6.26 Å². The van der Waals surface area contributed by atoms with E-state index >= 15 is 0 Å². The molecule has 1 atom stereocenters. The van der Waals surface area contributed by atoms with Crippen LogP contribution in [0.5, 0.6) is 0 Å². The average Bonchev–Trinajstić information content (AvgIpc) is 3.29. The Morgan fingerprint density at radius 3 is 2.96 bits per heavy atom. The van der Waals surface area contributed by atoms with Gasteiger partial charge in [0, 0.05) is 38.3 Å². The number of rotatable bonds is 3. The smallest absolute Gasteiger partial charge is 0.290 e. The van der Waals surface area contributed by atoms with E-state index < -0.39 is 5.92 Å². The maximum absolute atomic E-state index is 13.5. The Labute approximate surface area is 144 Å².